The van der Waals surface area contributed by atoms with Crippen LogP contribution in [0.5, 0.6) is 0 Å². The lowest BCUT2D eigenvalue weighted by Crippen LogP contribution is -2.53. The summed E-state index contributed by atoms with van der Waals surface area (Å²) in [5.41, 5.74) is 0.555. The van der Waals surface area contributed by atoms with Crippen molar-refractivity contribution in [2.24, 2.45) is 0 Å². The Morgan fingerprint density at radius 1 is 0.923 bits per heavy atom. The van der Waals surface area contributed by atoms with E-state index < -0.39 is 34.3 Å². The SMILES string of the molecule is CCC(C(=O)NC1CCCC1)N(Cc1ccccc1)C(=O)CN(c1ccccc1F)S(=O)(=O)c1ccccc1. The Hall–Kier alpha value is -3.72. The first-order chi connectivity index (χ1) is 18.8. The van der Waals surface area contributed by atoms with Crippen LogP contribution in [0.1, 0.15) is 44.6 Å². The van der Waals surface area contributed by atoms with Gasteiger partial charge in [-0.15, -0.1) is 0 Å². The van der Waals surface area contributed by atoms with Crippen molar-refractivity contribution in [3.8, 4) is 0 Å². The maximum Gasteiger partial charge on any atom is 0.264 e. The van der Waals surface area contributed by atoms with Gasteiger partial charge in [0.2, 0.25) is 11.8 Å². The number of halogens is 1. The van der Waals surface area contributed by atoms with Crippen LogP contribution in [0.25, 0.3) is 0 Å². The number of benzene rings is 3. The van der Waals surface area contributed by atoms with Crippen LogP contribution in [-0.2, 0) is 26.2 Å². The number of anilines is 1. The van der Waals surface area contributed by atoms with E-state index in [0.29, 0.717) is 6.42 Å². The Morgan fingerprint density at radius 2 is 1.51 bits per heavy atom. The zero-order valence-corrected chi connectivity index (χ0v) is 22.8. The molecule has 0 saturated heterocycles. The molecule has 3 aromatic carbocycles. The third-order valence-electron chi connectivity index (χ3n) is 7.01. The van der Waals surface area contributed by atoms with E-state index in [9.17, 15) is 22.4 Å². The summed E-state index contributed by atoms with van der Waals surface area (Å²) in [5, 5.41) is 3.08. The van der Waals surface area contributed by atoms with Gasteiger partial charge in [-0.1, -0.05) is 80.4 Å². The van der Waals surface area contributed by atoms with Gasteiger partial charge < -0.3 is 10.2 Å². The van der Waals surface area contributed by atoms with Gasteiger partial charge in [0.25, 0.3) is 10.0 Å². The number of nitrogens with one attached hydrogen (secondary N) is 1. The fourth-order valence-electron chi connectivity index (χ4n) is 4.95. The Kier molecular flexibility index (Phi) is 9.35. The molecule has 7 nitrogen and oxygen atoms in total. The van der Waals surface area contributed by atoms with Gasteiger partial charge in [-0.05, 0) is 49.1 Å². The van der Waals surface area contributed by atoms with E-state index in [1.165, 1.54) is 35.2 Å². The molecule has 4 rings (SSSR count). The first kappa shape index (κ1) is 28.3. The number of amides is 2. The Morgan fingerprint density at radius 3 is 2.13 bits per heavy atom. The molecule has 206 valence electrons. The van der Waals surface area contributed by atoms with Crippen molar-refractivity contribution in [1.29, 1.82) is 0 Å². The van der Waals surface area contributed by atoms with E-state index in [2.05, 4.69) is 5.32 Å². The molecule has 3 aromatic rings. The standard InChI is InChI=1S/C30H34FN3O4S/c1-2-27(30(36)32-24-15-9-10-16-24)33(21-23-13-5-3-6-14-23)29(35)22-34(28-20-12-11-19-26(28)31)39(37,38)25-17-7-4-8-18-25/h3-8,11-14,17-20,24,27H,2,9-10,15-16,21-22H2,1H3,(H,32,36). The third kappa shape index (κ3) is 6.84. The summed E-state index contributed by atoms with van der Waals surface area (Å²) >= 11 is 0. The minimum atomic E-state index is -4.30. The maximum atomic E-state index is 15.0. The number of para-hydroxylation sites is 1. The minimum Gasteiger partial charge on any atom is -0.352 e. The first-order valence-corrected chi connectivity index (χ1v) is 14.7. The number of rotatable bonds is 11. The number of carbonyl (C=O) groups excluding carboxylic acids is 2. The van der Waals surface area contributed by atoms with Crippen LogP contribution >= 0.6 is 0 Å². The fraction of sp³-hybridized carbons (Fsp3) is 0.333. The average molecular weight is 552 g/mol. The van der Waals surface area contributed by atoms with Gasteiger partial charge in [0.15, 0.2) is 0 Å². The predicted molar refractivity (Wildman–Crippen MR) is 149 cm³/mol. The predicted octanol–water partition coefficient (Wildman–Crippen LogP) is 4.89. The van der Waals surface area contributed by atoms with Crippen LogP contribution in [0, 0.1) is 5.82 Å². The zero-order valence-electron chi connectivity index (χ0n) is 22.0. The monoisotopic (exact) mass is 551 g/mol. The molecule has 0 radical (unpaired) electrons. The molecule has 1 N–H and O–H groups in total. The second-order valence-electron chi connectivity index (χ2n) is 9.70. The highest BCUT2D eigenvalue weighted by molar-refractivity contribution is 7.92. The molecule has 0 heterocycles. The smallest absolute Gasteiger partial charge is 0.264 e. The average Bonchev–Trinajstić information content (AvgIpc) is 3.46. The number of nitrogens with zero attached hydrogens (tertiary/aromatic N) is 2. The van der Waals surface area contributed by atoms with Crippen molar-refractivity contribution in [3.63, 3.8) is 0 Å². The lowest BCUT2D eigenvalue weighted by Gasteiger charge is -2.33. The largest absolute Gasteiger partial charge is 0.352 e. The van der Waals surface area contributed by atoms with Crippen LogP contribution in [0.2, 0.25) is 0 Å². The van der Waals surface area contributed by atoms with Gasteiger partial charge in [-0.3, -0.25) is 13.9 Å². The van der Waals surface area contributed by atoms with Gasteiger partial charge in [0.1, 0.15) is 18.4 Å². The third-order valence-corrected chi connectivity index (χ3v) is 8.79. The van der Waals surface area contributed by atoms with E-state index in [-0.39, 0.29) is 29.1 Å². The molecule has 1 aliphatic rings. The van der Waals surface area contributed by atoms with Crippen LogP contribution in [-0.4, -0.2) is 43.8 Å². The molecule has 1 saturated carbocycles. The minimum absolute atomic E-state index is 0.0635. The quantitative estimate of drug-likeness (QED) is 0.368. The second-order valence-corrected chi connectivity index (χ2v) is 11.6. The van der Waals surface area contributed by atoms with E-state index >= 15 is 0 Å². The first-order valence-electron chi connectivity index (χ1n) is 13.3. The number of carbonyl (C=O) groups is 2. The number of hydrogen-bond acceptors (Lipinski definition) is 4. The van der Waals surface area contributed by atoms with Crippen molar-refractivity contribution in [3.05, 3.63) is 96.3 Å². The highest BCUT2D eigenvalue weighted by atomic mass is 32.2. The normalized spacial score (nSPS) is 14.5. The van der Waals surface area contributed by atoms with E-state index in [1.807, 2.05) is 37.3 Å². The van der Waals surface area contributed by atoms with Crippen molar-refractivity contribution in [2.75, 3.05) is 10.8 Å². The zero-order chi connectivity index (χ0) is 27.8. The van der Waals surface area contributed by atoms with Gasteiger partial charge in [0, 0.05) is 12.6 Å². The van der Waals surface area contributed by atoms with E-state index in [4.69, 9.17) is 0 Å². The van der Waals surface area contributed by atoms with Gasteiger partial charge in [-0.2, -0.15) is 0 Å². The van der Waals surface area contributed by atoms with Gasteiger partial charge in [-0.25, -0.2) is 12.8 Å². The Labute approximate surface area is 229 Å². The molecule has 9 heteroatoms. The molecular formula is C30H34FN3O4S. The maximum absolute atomic E-state index is 15.0. The lowest BCUT2D eigenvalue weighted by atomic mass is 10.1. The van der Waals surface area contributed by atoms with Crippen LogP contribution in [0.15, 0.2) is 89.8 Å². The van der Waals surface area contributed by atoms with E-state index in [0.717, 1.165) is 41.6 Å². The highest BCUT2D eigenvalue weighted by Crippen LogP contribution is 2.27. The van der Waals surface area contributed by atoms with Gasteiger partial charge in [0.05, 0.1) is 10.6 Å². The summed E-state index contributed by atoms with van der Waals surface area (Å²) in [4.78, 5) is 28.7. The van der Waals surface area contributed by atoms with Crippen LogP contribution in [0.4, 0.5) is 10.1 Å². The second kappa shape index (κ2) is 12.9. The fourth-order valence-corrected chi connectivity index (χ4v) is 6.40. The molecular weight excluding hydrogens is 517 g/mol. The molecule has 0 spiro atoms. The van der Waals surface area contributed by atoms with Crippen molar-refractivity contribution in [1.82, 2.24) is 10.2 Å². The molecule has 39 heavy (non-hydrogen) atoms. The Bertz CT molecular complexity index is 1360. The van der Waals surface area contributed by atoms with Crippen molar-refractivity contribution < 1.29 is 22.4 Å². The molecule has 2 amide bonds. The molecule has 1 unspecified atom stereocenters. The number of hydrogen-bond donors (Lipinski definition) is 1. The van der Waals surface area contributed by atoms with E-state index in [1.54, 1.807) is 18.2 Å². The summed E-state index contributed by atoms with van der Waals surface area (Å²) < 4.78 is 43.2. The number of sulfonamides is 1. The summed E-state index contributed by atoms with van der Waals surface area (Å²) in [6.07, 6.45) is 4.21. The summed E-state index contributed by atoms with van der Waals surface area (Å²) in [7, 11) is -4.30. The molecule has 0 aromatic heterocycles. The van der Waals surface area contributed by atoms with Crippen LogP contribution < -0.4 is 9.62 Å². The lowest BCUT2D eigenvalue weighted by molar-refractivity contribution is -0.140. The molecule has 1 fully saturated rings. The van der Waals surface area contributed by atoms with Crippen LogP contribution in [0.3, 0.4) is 0 Å². The molecule has 1 atom stereocenters. The highest BCUT2D eigenvalue weighted by Gasteiger charge is 2.35. The topological polar surface area (TPSA) is 86.8 Å². The van der Waals surface area contributed by atoms with Crippen molar-refractivity contribution >= 4 is 27.5 Å². The summed E-state index contributed by atoms with van der Waals surface area (Å²) in [6, 6.07) is 21.5. The molecule has 1 aliphatic carbocycles. The Balaban J connectivity index is 1.70. The molecule has 0 aliphatic heterocycles. The summed E-state index contributed by atoms with van der Waals surface area (Å²) in [6.45, 7) is 1.25. The summed E-state index contributed by atoms with van der Waals surface area (Å²) in [5.74, 6) is -1.64. The molecule has 0 bridgehead atoms. The van der Waals surface area contributed by atoms with Gasteiger partial charge >= 0.3 is 0 Å². The van der Waals surface area contributed by atoms with Crippen molar-refractivity contribution in [2.45, 2.75) is 62.6 Å².